The molecule has 2 nitrogen and oxygen atoms in total. The molecule has 0 radical (unpaired) electrons. The Morgan fingerprint density at radius 2 is 1.19 bits per heavy atom. The first-order valence-electron chi connectivity index (χ1n) is 13.9. The first-order chi connectivity index (χ1) is 17.7. The third-order valence-corrected chi connectivity index (χ3v) is 12.7. The molecule has 0 saturated carbocycles. The molecule has 3 heteroatoms. The first kappa shape index (κ1) is 25.0. The number of rotatable bonds is 11. The van der Waals surface area contributed by atoms with Crippen molar-refractivity contribution in [3.8, 4) is 11.4 Å². The maximum Gasteiger partial charge on any atom is 0.0945 e. The SMILES string of the molecule is CCCC[P+](CCCC)(CCCC)c1cccc(-c2nc3c4ccccc4c4ccccc4c3[n-]2)c1. The number of hydrogen-bond acceptors (Lipinski definition) is 1. The molecule has 0 saturated heterocycles. The van der Waals surface area contributed by atoms with Crippen molar-refractivity contribution in [2.45, 2.75) is 59.3 Å². The van der Waals surface area contributed by atoms with Crippen LogP contribution in [0.4, 0.5) is 0 Å². The second-order valence-electron chi connectivity index (χ2n) is 10.3. The van der Waals surface area contributed by atoms with E-state index in [1.165, 1.54) is 84.1 Å². The molecule has 0 aliphatic heterocycles. The highest BCUT2D eigenvalue weighted by molar-refractivity contribution is 7.82. The fraction of sp³-hybridized carbons (Fsp3) is 0.364. The minimum Gasteiger partial charge on any atom is -0.435 e. The number of unbranched alkanes of at least 4 members (excludes halogenated alkanes) is 3. The molecule has 5 rings (SSSR count). The Morgan fingerprint density at radius 3 is 1.81 bits per heavy atom. The third-order valence-electron chi connectivity index (χ3n) is 7.79. The number of fused-ring (bicyclic) bond motifs is 6. The summed E-state index contributed by atoms with van der Waals surface area (Å²) in [6, 6.07) is 26.6. The van der Waals surface area contributed by atoms with Crippen molar-refractivity contribution in [2.75, 3.05) is 18.5 Å². The zero-order valence-electron chi connectivity index (χ0n) is 22.1. The van der Waals surface area contributed by atoms with Gasteiger partial charge in [-0.05, 0) is 69.5 Å². The van der Waals surface area contributed by atoms with Gasteiger partial charge in [-0.2, -0.15) is 0 Å². The lowest BCUT2D eigenvalue weighted by molar-refractivity contribution is 0.841. The molecule has 0 N–H and O–H groups in total. The number of aromatic nitrogens is 2. The van der Waals surface area contributed by atoms with E-state index < -0.39 is 7.26 Å². The van der Waals surface area contributed by atoms with Crippen molar-refractivity contribution in [1.82, 2.24) is 9.97 Å². The van der Waals surface area contributed by atoms with Gasteiger partial charge in [0.1, 0.15) is 0 Å². The van der Waals surface area contributed by atoms with E-state index in [4.69, 9.17) is 9.97 Å². The maximum atomic E-state index is 5.17. The second kappa shape index (κ2) is 11.1. The summed E-state index contributed by atoms with van der Waals surface area (Å²) in [5.41, 5.74) is 3.22. The molecule has 0 aliphatic rings. The molecule has 4 aromatic carbocycles. The number of hydrogen-bond donors (Lipinski definition) is 0. The Labute approximate surface area is 216 Å². The molecule has 5 aromatic rings. The summed E-state index contributed by atoms with van der Waals surface area (Å²) in [5, 5.41) is 6.49. The minimum atomic E-state index is -1.21. The van der Waals surface area contributed by atoms with Gasteiger partial charge in [0.2, 0.25) is 0 Å². The van der Waals surface area contributed by atoms with Crippen molar-refractivity contribution in [1.29, 1.82) is 0 Å². The standard InChI is InChI=1S/C33H39N2P/c1-4-7-21-36(22-8-5-2,23-9-6-3)26-16-14-15-25(24-26)33-34-31-29-19-12-10-17-27(29)28-18-11-13-20-30(28)32(31)35-33/h10-20,24H,4-9,21-23H2,1-3H3. The summed E-state index contributed by atoms with van der Waals surface area (Å²) in [5.74, 6) is 0.868. The topological polar surface area (TPSA) is 27.0 Å². The molecule has 1 aromatic heterocycles. The van der Waals surface area contributed by atoms with Gasteiger partial charge in [0.05, 0.1) is 23.8 Å². The van der Waals surface area contributed by atoms with Gasteiger partial charge in [0.25, 0.3) is 0 Å². The number of benzene rings is 4. The molecule has 0 spiro atoms. The molecule has 36 heavy (non-hydrogen) atoms. The van der Waals surface area contributed by atoms with Crippen LogP contribution in [0.1, 0.15) is 59.3 Å². The van der Waals surface area contributed by atoms with Gasteiger partial charge < -0.3 is 9.97 Å². The second-order valence-corrected chi connectivity index (χ2v) is 14.4. The van der Waals surface area contributed by atoms with Gasteiger partial charge in [0.15, 0.2) is 0 Å². The number of imidazole rings is 1. The van der Waals surface area contributed by atoms with Crippen molar-refractivity contribution in [2.24, 2.45) is 0 Å². The fourth-order valence-corrected chi connectivity index (χ4v) is 10.8. The van der Waals surface area contributed by atoms with Crippen LogP contribution in [0.25, 0.3) is 44.0 Å². The predicted octanol–water partition coefficient (Wildman–Crippen LogP) is 9.21. The van der Waals surface area contributed by atoms with E-state index >= 15 is 0 Å². The molecule has 0 bridgehead atoms. The Bertz CT molecular complexity index is 1370. The first-order valence-corrected chi connectivity index (χ1v) is 16.3. The van der Waals surface area contributed by atoms with E-state index in [0.717, 1.165) is 16.9 Å². The number of nitrogens with zero attached hydrogens (tertiary/aromatic N) is 2. The van der Waals surface area contributed by atoms with Gasteiger partial charge in [-0.3, -0.25) is 0 Å². The highest BCUT2D eigenvalue weighted by Gasteiger charge is 2.38. The quantitative estimate of drug-likeness (QED) is 0.135. The lowest BCUT2D eigenvalue weighted by atomic mass is 10.0. The molecule has 0 amide bonds. The van der Waals surface area contributed by atoms with Crippen molar-refractivity contribution in [3.63, 3.8) is 0 Å². The lowest BCUT2D eigenvalue weighted by Gasteiger charge is -2.28. The third kappa shape index (κ3) is 4.69. The zero-order valence-corrected chi connectivity index (χ0v) is 23.0. The molecule has 0 unspecified atom stereocenters. The summed E-state index contributed by atoms with van der Waals surface area (Å²) in [7, 11) is -1.21. The Morgan fingerprint density at radius 1 is 0.639 bits per heavy atom. The van der Waals surface area contributed by atoms with Crippen molar-refractivity contribution < 1.29 is 0 Å². The highest BCUT2D eigenvalue weighted by atomic mass is 31.2. The lowest BCUT2D eigenvalue weighted by Crippen LogP contribution is -2.21. The van der Waals surface area contributed by atoms with Crippen LogP contribution in [0, 0.1) is 0 Å². The molecule has 0 atom stereocenters. The minimum absolute atomic E-state index is 0.868. The van der Waals surface area contributed by atoms with Crippen LogP contribution in [0.2, 0.25) is 0 Å². The molecular formula is C33H39N2P. The van der Waals surface area contributed by atoms with Crippen molar-refractivity contribution in [3.05, 3.63) is 72.8 Å². The monoisotopic (exact) mass is 494 g/mol. The summed E-state index contributed by atoms with van der Waals surface area (Å²) in [6.07, 6.45) is 12.0. The molecule has 0 aliphatic carbocycles. The van der Waals surface area contributed by atoms with Crippen LogP contribution in [0.3, 0.4) is 0 Å². The van der Waals surface area contributed by atoms with Gasteiger partial charge in [-0.25, -0.2) is 0 Å². The van der Waals surface area contributed by atoms with E-state index in [2.05, 4.69) is 93.6 Å². The molecular weight excluding hydrogens is 455 g/mol. The van der Waals surface area contributed by atoms with Gasteiger partial charge in [-0.15, -0.1) is 0 Å². The summed E-state index contributed by atoms with van der Waals surface area (Å²) in [6.45, 7) is 7.01. The maximum absolute atomic E-state index is 5.17. The molecule has 1 heterocycles. The van der Waals surface area contributed by atoms with E-state index in [1.807, 2.05) is 0 Å². The van der Waals surface area contributed by atoms with Crippen LogP contribution in [-0.4, -0.2) is 23.5 Å². The Kier molecular flexibility index (Phi) is 7.73. The van der Waals surface area contributed by atoms with Crippen molar-refractivity contribution >= 4 is 45.1 Å². The van der Waals surface area contributed by atoms with Crippen LogP contribution in [0.5, 0.6) is 0 Å². The summed E-state index contributed by atoms with van der Waals surface area (Å²) in [4.78, 5) is 10.3. The predicted molar refractivity (Wildman–Crippen MR) is 161 cm³/mol. The Balaban J connectivity index is 1.66. The van der Waals surface area contributed by atoms with E-state index in [0.29, 0.717) is 0 Å². The van der Waals surface area contributed by atoms with Gasteiger partial charge >= 0.3 is 0 Å². The molecule has 186 valence electrons. The van der Waals surface area contributed by atoms with Crippen LogP contribution >= 0.6 is 7.26 Å². The Hall–Kier alpha value is -2.70. The van der Waals surface area contributed by atoms with E-state index in [9.17, 15) is 0 Å². The fourth-order valence-electron chi connectivity index (χ4n) is 5.74. The van der Waals surface area contributed by atoms with Gasteiger partial charge in [0, 0.05) is 7.26 Å². The average Bonchev–Trinajstić information content (AvgIpc) is 3.39. The normalized spacial score (nSPS) is 12.2. The van der Waals surface area contributed by atoms with Crippen LogP contribution < -0.4 is 10.3 Å². The summed E-state index contributed by atoms with van der Waals surface area (Å²) < 4.78 is 0. The molecule has 0 fully saturated rings. The largest absolute Gasteiger partial charge is 0.435 e. The average molecular weight is 495 g/mol. The van der Waals surface area contributed by atoms with Gasteiger partial charge in [-0.1, -0.05) is 107 Å². The summed E-state index contributed by atoms with van der Waals surface area (Å²) >= 11 is 0. The smallest absolute Gasteiger partial charge is 0.0945 e. The van der Waals surface area contributed by atoms with Crippen LogP contribution in [0.15, 0.2) is 72.8 Å². The highest BCUT2D eigenvalue weighted by Crippen LogP contribution is 2.59. The van der Waals surface area contributed by atoms with Crippen LogP contribution in [-0.2, 0) is 0 Å². The zero-order chi connectivity index (χ0) is 25.0. The van der Waals surface area contributed by atoms with E-state index in [-0.39, 0.29) is 0 Å². The van der Waals surface area contributed by atoms with E-state index in [1.54, 1.807) is 5.30 Å².